The average Bonchev–Trinajstić information content (AvgIpc) is 2.80. The van der Waals surface area contributed by atoms with E-state index in [1.807, 2.05) is 50.2 Å². The van der Waals surface area contributed by atoms with Crippen molar-refractivity contribution in [2.24, 2.45) is 5.92 Å². The number of halogens is 1. The van der Waals surface area contributed by atoms with Gasteiger partial charge >= 0.3 is 0 Å². The third-order valence-electron chi connectivity index (χ3n) is 5.25. The van der Waals surface area contributed by atoms with Gasteiger partial charge < -0.3 is 15.0 Å². The summed E-state index contributed by atoms with van der Waals surface area (Å²) in [7, 11) is 0. The summed E-state index contributed by atoms with van der Waals surface area (Å²) in [6.45, 7) is 5.84. The lowest BCUT2D eigenvalue weighted by Crippen LogP contribution is -2.49. The van der Waals surface area contributed by atoms with Crippen molar-refractivity contribution in [3.05, 3.63) is 78.1 Å². The van der Waals surface area contributed by atoms with Crippen LogP contribution < -0.4 is 10.1 Å². The van der Waals surface area contributed by atoms with Crippen LogP contribution >= 0.6 is 0 Å². The van der Waals surface area contributed by atoms with E-state index in [9.17, 15) is 14.0 Å². The molecule has 0 fully saturated rings. The number of ether oxygens (including phenoxy) is 1. The van der Waals surface area contributed by atoms with Gasteiger partial charge in [-0.1, -0.05) is 68.4 Å². The average molecular weight is 437 g/mol. The minimum absolute atomic E-state index is 0.0271. The highest BCUT2D eigenvalue weighted by Gasteiger charge is 2.27. The first-order valence-corrected chi connectivity index (χ1v) is 10.8. The fraction of sp³-hybridized carbons (Fsp3) is 0.308. The van der Waals surface area contributed by atoms with Gasteiger partial charge in [-0.05, 0) is 30.4 Å². The van der Waals surface area contributed by atoms with E-state index < -0.39 is 17.8 Å². The van der Waals surface area contributed by atoms with Crippen LogP contribution in [-0.2, 0) is 16.1 Å². The Morgan fingerprint density at radius 2 is 1.66 bits per heavy atom. The maximum absolute atomic E-state index is 14.3. The van der Waals surface area contributed by atoms with Crippen LogP contribution in [0.25, 0.3) is 10.8 Å². The molecule has 0 saturated heterocycles. The first kappa shape index (κ1) is 23.3. The third kappa shape index (κ3) is 5.84. The van der Waals surface area contributed by atoms with Crippen LogP contribution in [0.2, 0.25) is 0 Å². The molecule has 0 aromatic heterocycles. The number of nitrogens with one attached hydrogen (secondary N) is 1. The molecule has 3 aromatic rings. The van der Waals surface area contributed by atoms with Gasteiger partial charge in [-0.3, -0.25) is 9.59 Å². The Kier molecular flexibility index (Phi) is 7.82. The quantitative estimate of drug-likeness (QED) is 0.536. The molecule has 32 heavy (non-hydrogen) atoms. The van der Waals surface area contributed by atoms with Crippen molar-refractivity contribution < 1.29 is 18.7 Å². The fourth-order valence-corrected chi connectivity index (χ4v) is 3.39. The lowest BCUT2D eigenvalue weighted by molar-refractivity contribution is -0.142. The molecule has 5 nitrogen and oxygen atoms in total. The molecule has 168 valence electrons. The number of benzene rings is 3. The molecule has 1 atom stereocenters. The third-order valence-corrected chi connectivity index (χ3v) is 5.25. The molecule has 0 radical (unpaired) electrons. The van der Waals surface area contributed by atoms with Gasteiger partial charge in [0, 0.05) is 24.0 Å². The van der Waals surface area contributed by atoms with Crippen molar-refractivity contribution in [1.82, 2.24) is 10.2 Å². The Morgan fingerprint density at radius 3 is 2.41 bits per heavy atom. The van der Waals surface area contributed by atoms with Gasteiger partial charge in [-0.25, -0.2) is 4.39 Å². The number of carbonyl (C=O) groups excluding carboxylic acids is 2. The first-order valence-electron chi connectivity index (χ1n) is 10.8. The normalized spacial score (nSPS) is 11.9. The molecule has 0 heterocycles. The molecule has 0 saturated carbocycles. The number of nitrogens with zero attached hydrogens (tertiary/aromatic N) is 1. The Labute approximate surface area is 188 Å². The summed E-state index contributed by atoms with van der Waals surface area (Å²) in [5.41, 5.74) is 0.342. The van der Waals surface area contributed by atoms with Crippen LogP contribution in [0.1, 0.15) is 26.3 Å². The molecule has 1 N–H and O–H groups in total. The van der Waals surface area contributed by atoms with Crippen molar-refractivity contribution in [3.8, 4) is 5.75 Å². The van der Waals surface area contributed by atoms with Gasteiger partial charge in [-0.15, -0.1) is 0 Å². The Bertz CT molecular complexity index is 1080. The van der Waals surface area contributed by atoms with E-state index in [1.54, 1.807) is 31.2 Å². The van der Waals surface area contributed by atoms with Crippen LogP contribution in [-0.4, -0.2) is 35.9 Å². The molecular formula is C26H29FN2O3. The van der Waals surface area contributed by atoms with Crippen molar-refractivity contribution >= 4 is 22.6 Å². The van der Waals surface area contributed by atoms with Crippen LogP contribution in [0.5, 0.6) is 5.75 Å². The highest BCUT2D eigenvalue weighted by atomic mass is 19.1. The maximum Gasteiger partial charge on any atom is 0.261 e. The highest BCUT2D eigenvalue weighted by molar-refractivity contribution is 5.90. The molecule has 0 unspecified atom stereocenters. The number of carbonyl (C=O) groups is 2. The van der Waals surface area contributed by atoms with E-state index in [0.717, 1.165) is 10.8 Å². The van der Waals surface area contributed by atoms with Crippen LogP contribution in [0, 0.1) is 11.7 Å². The molecular weight excluding hydrogens is 407 g/mol. The lowest BCUT2D eigenvalue weighted by atomic mass is 10.1. The van der Waals surface area contributed by atoms with Crippen LogP contribution in [0.3, 0.4) is 0 Å². The highest BCUT2D eigenvalue weighted by Crippen LogP contribution is 2.25. The van der Waals surface area contributed by atoms with E-state index in [-0.39, 0.29) is 25.0 Å². The molecule has 0 spiro atoms. The first-order chi connectivity index (χ1) is 15.4. The van der Waals surface area contributed by atoms with Crippen LogP contribution in [0.15, 0.2) is 66.7 Å². The minimum Gasteiger partial charge on any atom is -0.483 e. The Balaban J connectivity index is 1.78. The van der Waals surface area contributed by atoms with Gasteiger partial charge in [0.1, 0.15) is 17.6 Å². The summed E-state index contributed by atoms with van der Waals surface area (Å²) >= 11 is 0. The molecule has 3 rings (SSSR count). The van der Waals surface area contributed by atoms with E-state index in [0.29, 0.717) is 17.9 Å². The topological polar surface area (TPSA) is 58.6 Å². The summed E-state index contributed by atoms with van der Waals surface area (Å²) in [5.74, 6) is -0.243. The molecule has 0 aliphatic heterocycles. The van der Waals surface area contributed by atoms with Gasteiger partial charge in [-0.2, -0.15) is 0 Å². The van der Waals surface area contributed by atoms with E-state index in [2.05, 4.69) is 5.32 Å². The standard InChI is InChI=1S/C26H29FN2O3/c1-18(2)15-28-26(31)19(3)29(16-21-10-5-7-13-23(21)27)25(30)17-32-24-14-8-11-20-9-4-6-12-22(20)24/h4-14,18-19H,15-17H2,1-3H3,(H,28,31)/t19-/m0/s1. The number of hydrogen-bond acceptors (Lipinski definition) is 3. The van der Waals surface area contributed by atoms with Crippen molar-refractivity contribution in [1.29, 1.82) is 0 Å². The number of fused-ring (bicyclic) bond motifs is 1. The molecule has 6 heteroatoms. The number of hydrogen-bond donors (Lipinski definition) is 1. The zero-order valence-corrected chi connectivity index (χ0v) is 18.7. The molecule has 0 aliphatic carbocycles. The van der Waals surface area contributed by atoms with E-state index >= 15 is 0 Å². The van der Waals surface area contributed by atoms with Gasteiger partial charge in [0.05, 0.1) is 0 Å². The van der Waals surface area contributed by atoms with Gasteiger partial charge in [0.25, 0.3) is 5.91 Å². The fourth-order valence-electron chi connectivity index (χ4n) is 3.39. The molecule has 2 amide bonds. The van der Waals surface area contributed by atoms with E-state index in [1.165, 1.54) is 11.0 Å². The Hall–Kier alpha value is -3.41. The van der Waals surface area contributed by atoms with Crippen LogP contribution in [0.4, 0.5) is 4.39 Å². The predicted octanol–water partition coefficient (Wildman–Crippen LogP) is 4.55. The summed E-state index contributed by atoms with van der Waals surface area (Å²) in [6.07, 6.45) is 0. The summed E-state index contributed by atoms with van der Waals surface area (Å²) in [4.78, 5) is 27.2. The summed E-state index contributed by atoms with van der Waals surface area (Å²) in [6, 6.07) is 18.8. The maximum atomic E-state index is 14.3. The molecule has 0 aliphatic rings. The van der Waals surface area contributed by atoms with Crippen molar-refractivity contribution in [3.63, 3.8) is 0 Å². The largest absolute Gasteiger partial charge is 0.483 e. The number of rotatable bonds is 9. The van der Waals surface area contributed by atoms with Gasteiger partial charge in [0.2, 0.25) is 5.91 Å². The second-order valence-corrected chi connectivity index (χ2v) is 8.19. The number of amides is 2. The Morgan fingerprint density at radius 1 is 0.969 bits per heavy atom. The smallest absolute Gasteiger partial charge is 0.261 e. The second-order valence-electron chi connectivity index (χ2n) is 8.19. The minimum atomic E-state index is -0.781. The SMILES string of the molecule is CC(C)CNC(=O)[C@H](C)N(Cc1ccccc1F)C(=O)COc1cccc2ccccc12. The zero-order chi connectivity index (χ0) is 23.1. The lowest BCUT2D eigenvalue weighted by Gasteiger charge is -2.29. The van der Waals surface area contributed by atoms with Gasteiger partial charge in [0.15, 0.2) is 6.61 Å². The zero-order valence-electron chi connectivity index (χ0n) is 18.7. The van der Waals surface area contributed by atoms with E-state index in [4.69, 9.17) is 4.74 Å². The molecule has 0 bridgehead atoms. The summed E-state index contributed by atoms with van der Waals surface area (Å²) < 4.78 is 20.1. The van der Waals surface area contributed by atoms with Crippen molar-refractivity contribution in [2.75, 3.05) is 13.2 Å². The second kappa shape index (κ2) is 10.8. The molecule has 3 aromatic carbocycles. The van der Waals surface area contributed by atoms with Crippen molar-refractivity contribution in [2.45, 2.75) is 33.4 Å². The monoisotopic (exact) mass is 436 g/mol. The predicted molar refractivity (Wildman–Crippen MR) is 124 cm³/mol. The summed E-state index contributed by atoms with van der Waals surface area (Å²) in [5, 5.41) is 4.74.